The molecule has 7 nitrogen and oxygen atoms in total. The number of nitrogens with zero attached hydrogens (tertiary/aromatic N) is 1. The maximum atomic E-state index is 15.0. The number of carboxylic acid groups (broad SMARTS) is 1. The molecule has 1 atom stereocenters. The van der Waals surface area contributed by atoms with Crippen LogP contribution in [0, 0.1) is 5.82 Å². The molecule has 0 spiro atoms. The number of ether oxygens (including phenoxy) is 2. The summed E-state index contributed by atoms with van der Waals surface area (Å²) in [5.74, 6) is -0.334. The number of methoxy groups -OCH3 is 1. The topological polar surface area (TPSA) is 89.8 Å². The zero-order valence-electron chi connectivity index (χ0n) is 21.9. The van der Waals surface area contributed by atoms with Crippen molar-refractivity contribution in [3.63, 3.8) is 0 Å². The van der Waals surface area contributed by atoms with Gasteiger partial charge in [0, 0.05) is 13.2 Å². The number of halogens is 1. The first-order valence-corrected chi connectivity index (χ1v) is 12.6. The van der Waals surface area contributed by atoms with Gasteiger partial charge >= 0.3 is 12.1 Å². The van der Waals surface area contributed by atoms with E-state index in [2.05, 4.69) is 5.32 Å². The molecule has 0 bridgehead atoms. The molecule has 39 heavy (non-hydrogen) atoms. The summed E-state index contributed by atoms with van der Waals surface area (Å²) in [5, 5.41) is 12.2. The Hall–Kier alpha value is -4.59. The minimum absolute atomic E-state index is 0.252. The minimum atomic E-state index is -0.785. The minimum Gasteiger partial charge on any atom is -0.497 e. The lowest BCUT2D eigenvalue weighted by molar-refractivity contribution is -0.140. The Kier molecular flexibility index (Phi) is 6.87. The second kappa shape index (κ2) is 10.3. The van der Waals surface area contributed by atoms with E-state index in [1.54, 1.807) is 45.3 Å². The van der Waals surface area contributed by atoms with Crippen LogP contribution in [0.3, 0.4) is 0 Å². The van der Waals surface area contributed by atoms with E-state index in [0.29, 0.717) is 24.2 Å². The number of anilines is 1. The van der Waals surface area contributed by atoms with Crippen LogP contribution in [0.25, 0.3) is 22.3 Å². The van der Waals surface area contributed by atoms with Gasteiger partial charge in [-0.25, -0.2) is 9.18 Å². The molecule has 1 saturated carbocycles. The van der Waals surface area contributed by atoms with Gasteiger partial charge in [0.15, 0.2) is 5.82 Å². The van der Waals surface area contributed by atoms with E-state index in [1.807, 2.05) is 48.5 Å². The zero-order valence-corrected chi connectivity index (χ0v) is 21.9. The molecule has 1 fully saturated rings. The normalized spacial score (nSPS) is 14.4. The number of carboxylic acids is 1. The summed E-state index contributed by atoms with van der Waals surface area (Å²) in [6, 6.07) is 22.1. The molecule has 0 aliphatic heterocycles. The summed E-state index contributed by atoms with van der Waals surface area (Å²) in [5.41, 5.74) is 3.50. The molecule has 0 unspecified atom stereocenters. The molecule has 1 aliphatic rings. The second-order valence-electron chi connectivity index (χ2n) is 9.80. The maximum absolute atomic E-state index is 15.0. The summed E-state index contributed by atoms with van der Waals surface area (Å²) in [6.07, 6.45) is 1.36. The Morgan fingerprint density at radius 1 is 1.00 bits per heavy atom. The van der Waals surface area contributed by atoms with Crippen molar-refractivity contribution in [2.75, 3.05) is 12.4 Å². The Balaban J connectivity index is 1.32. The van der Waals surface area contributed by atoms with Crippen LogP contribution in [-0.4, -0.2) is 28.8 Å². The summed E-state index contributed by atoms with van der Waals surface area (Å²) in [6.45, 7) is 1.75. The Morgan fingerprint density at radius 3 is 2.21 bits per heavy atom. The number of benzene rings is 3. The van der Waals surface area contributed by atoms with Crippen molar-refractivity contribution in [3.8, 4) is 28.0 Å². The SMILES string of the molecule is COc1cccc([C@@H](C)OC(=O)Nc2c(-c3ccc(-c4ccc(C5(C(=O)O)CC5)cc4)cc3)c(F)cn2C)c1. The number of nitrogens with one attached hydrogen (secondary N) is 1. The van der Waals surface area contributed by atoms with E-state index in [9.17, 15) is 19.1 Å². The third-order valence-corrected chi connectivity index (χ3v) is 7.31. The summed E-state index contributed by atoms with van der Waals surface area (Å²) < 4.78 is 27.3. The number of rotatable bonds is 8. The highest BCUT2D eigenvalue weighted by Gasteiger charge is 2.51. The van der Waals surface area contributed by atoms with Crippen molar-refractivity contribution in [1.82, 2.24) is 4.57 Å². The molecule has 8 heteroatoms. The quantitative estimate of drug-likeness (QED) is 0.259. The van der Waals surface area contributed by atoms with Gasteiger partial charge in [0.25, 0.3) is 0 Å². The average Bonchev–Trinajstić information content (AvgIpc) is 3.71. The van der Waals surface area contributed by atoms with E-state index in [4.69, 9.17) is 9.47 Å². The molecular weight excluding hydrogens is 499 g/mol. The van der Waals surface area contributed by atoms with Crippen LogP contribution in [0.1, 0.15) is 37.0 Å². The van der Waals surface area contributed by atoms with Crippen LogP contribution >= 0.6 is 0 Å². The summed E-state index contributed by atoms with van der Waals surface area (Å²) in [4.78, 5) is 24.3. The fraction of sp³-hybridized carbons (Fsp3) is 0.226. The van der Waals surface area contributed by atoms with E-state index < -0.39 is 29.4 Å². The fourth-order valence-electron chi connectivity index (χ4n) is 4.83. The molecule has 200 valence electrons. The third-order valence-electron chi connectivity index (χ3n) is 7.31. The predicted octanol–water partition coefficient (Wildman–Crippen LogP) is 6.93. The van der Waals surface area contributed by atoms with E-state index >= 15 is 0 Å². The van der Waals surface area contributed by atoms with Gasteiger partial charge in [-0.1, -0.05) is 60.7 Å². The highest BCUT2D eigenvalue weighted by Crippen LogP contribution is 2.48. The highest BCUT2D eigenvalue weighted by atomic mass is 19.1. The Morgan fingerprint density at radius 2 is 1.62 bits per heavy atom. The van der Waals surface area contributed by atoms with Crippen molar-refractivity contribution < 1.29 is 28.6 Å². The third kappa shape index (κ3) is 5.10. The van der Waals surface area contributed by atoms with Crippen LogP contribution in [0.2, 0.25) is 0 Å². The number of hydrogen-bond acceptors (Lipinski definition) is 4. The number of carbonyl (C=O) groups excluding carboxylic acids is 1. The first-order chi connectivity index (χ1) is 18.7. The molecular formula is C31H29FN2O5. The smallest absolute Gasteiger partial charge is 0.413 e. The van der Waals surface area contributed by atoms with Crippen LogP contribution in [0.4, 0.5) is 15.0 Å². The van der Waals surface area contributed by atoms with Crippen molar-refractivity contribution >= 4 is 17.9 Å². The van der Waals surface area contributed by atoms with Gasteiger partial charge in [0.05, 0.1) is 18.1 Å². The molecule has 0 saturated heterocycles. The first kappa shape index (κ1) is 26.0. The number of carbonyl (C=O) groups is 2. The van der Waals surface area contributed by atoms with Gasteiger partial charge < -0.3 is 19.1 Å². The van der Waals surface area contributed by atoms with Gasteiger partial charge in [0.2, 0.25) is 0 Å². The largest absolute Gasteiger partial charge is 0.497 e. The van der Waals surface area contributed by atoms with Crippen molar-refractivity contribution in [3.05, 3.63) is 95.9 Å². The van der Waals surface area contributed by atoms with Gasteiger partial charge in [-0.3, -0.25) is 10.1 Å². The van der Waals surface area contributed by atoms with E-state index in [1.165, 1.54) is 10.8 Å². The van der Waals surface area contributed by atoms with Gasteiger partial charge in [-0.15, -0.1) is 0 Å². The number of aryl methyl sites for hydroxylation is 1. The van der Waals surface area contributed by atoms with E-state index in [0.717, 1.165) is 22.3 Å². The molecule has 5 rings (SSSR count). The van der Waals surface area contributed by atoms with Gasteiger partial charge in [0.1, 0.15) is 17.7 Å². The molecule has 2 N–H and O–H groups in total. The number of aromatic nitrogens is 1. The Bertz CT molecular complexity index is 1520. The molecule has 1 amide bonds. The maximum Gasteiger partial charge on any atom is 0.413 e. The fourth-order valence-corrected chi connectivity index (χ4v) is 4.83. The zero-order chi connectivity index (χ0) is 27.7. The standard InChI is InChI=1S/C31H29FN2O5/c1-19(23-5-4-6-25(17-23)38-3)39-30(37)33-28-27(26(32)18-34(28)2)22-9-7-20(8-10-22)21-11-13-24(14-12-21)31(15-16-31)29(35)36/h4-14,17-19H,15-16H2,1-3H3,(H,33,37)(H,35,36)/t19-/m1/s1. The van der Waals surface area contributed by atoms with Gasteiger partial charge in [-0.2, -0.15) is 0 Å². The molecule has 4 aromatic rings. The molecule has 1 aromatic heterocycles. The molecule has 1 heterocycles. The van der Waals surface area contributed by atoms with Crippen molar-refractivity contribution in [2.24, 2.45) is 7.05 Å². The predicted molar refractivity (Wildman–Crippen MR) is 146 cm³/mol. The van der Waals surface area contributed by atoms with Crippen LogP contribution in [0.15, 0.2) is 79.0 Å². The first-order valence-electron chi connectivity index (χ1n) is 12.6. The van der Waals surface area contributed by atoms with Crippen LogP contribution < -0.4 is 10.1 Å². The molecule has 1 aliphatic carbocycles. The monoisotopic (exact) mass is 528 g/mol. The molecule has 0 radical (unpaired) electrons. The average molecular weight is 529 g/mol. The Labute approximate surface area is 225 Å². The highest BCUT2D eigenvalue weighted by molar-refractivity contribution is 5.91. The lowest BCUT2D eigenvalue weighted by Gasteiger charge is -2.16. The number of hydrogen-bond donors (Lipinski definition) is 2. The number of aliphatic carboxylic acids is 1. The number of amides is 1. The van der Waals surface area contributed by atoms with Crippen LogP contribution in [0.5, 0.6) is 5.75 Å². The van der Waals surface area contributed by atoms with Crippen LogP contribution in [-0.2, 0) is 22.0 Å². The second-order valence-corrected chi connectivity index (χ2v) is 9.80. The van der Waals surface area contributed by atoms with Gasteiger partial charge in [-0.05, 0) is 59.7 Å². The lowest BCUT2D eigenvalue weighted by Crippen LogP contribution is -2.19. The summed E-state index contributed by atoms with van der Waals surface area (Å²) in [7, 11) is 3.21. The van der Waals surface area contributed by atoms with Crippen molar-refractivity contribution in [1.29, 1.82) is 0 Å². The summed E-state index contributed by atoms with van der Waals surface area (Å²) >= 11 is 0. The molecule has 3 aromatic carbocycles. The van der Waals surface area contributed by atoms with Crippen molar-refractivity contribution in [2.45, 2.75) is 31.3 Å². The van der Waals surface area contributed by atoms with E-state index in [-0.39, 0.29) is 11.4 Å². The lowest BCUT2D eigenvalue weighted by atomic mass is 9.93.